The first-order chi connectivity index (χ1) is 12.7. The Morgan fingerprint density at radius 1 is 1.23 bits per heavy atom. The minimum absolute atomic E-state index is 0.113. The van der Waals surface area contributed by atoms with Gasteiger partial charge in [-0.3, -0.25) is 0 Å². The molecule has 0 saturated heterocycles. The van der Waals surface area contributed by atoms with Crippen LogP contribution in [0.2, 0.25) is 0 Å². The van der Waals surface area contributed by atoms with Gasteiger partial charge in [-0.1, -0.05) is 18.2 Å². The summed E-state index contributed by atoms with van der Waals surface area (Å²) in [6, 6.07) is 6.60. The Kier molecular flexibility index (Phi) is 3.65. The SMILES string of the molecule is CN1C=Cc2[nH]c3cc(C4=CNC(OC5CC(O)C5)C=C4)ccc3c2C1. The van der Waals surface area contributed by atoms with Crippen LogP contribution >= 0.6 is 0 Å². The Morgan fingerprint density at radius 3 is 2.88 bits per heavy atom. The highest BCUT2D eigenvalue weighted by atomic mass is 16.5. The van der Waals surface area contributed by atoms with Gasteiger partial charge in [-0.15, -0.1) is 0 Å². The molecule has 134 valence electrons. The molecule has 5 rings (SSSR count). The lowest BCUT2D eigenvalue weighted by molar-refractivity contribution is -0.0955. The van der Waals surface area contributed by atoms with Crippen molar-refractivity contribution in [3.05, 3.63) is 59.6 Å². The summed E-state index contributed by atoms with van der Waals surface area (Å²) >= 11 is 0. The van der Waals surface area contributed by atoms with Crippen LogP contribution < -0.4 is 5.32 Å². The number of dihydropyridines is 1. The number of allylic oxidation sites excluding steroid dienone is 2. The van der Waals surface area contributed by atoms with Crippen LogP contribution in [-0.4, -0.2) is 40.5 Å². The minimum Gasteiger partial charge on any atom is -0.393 e. The first-order valence-corrected chi connectivity index (χ1v) is 9.17. The van der Waals surface area contributed by atoms with Crippen molar-refractivity contribution in [3.63, 3.8) is 0 Å². The molecule has 1 aromatic carbocycles. The zero-order valence-electron chi connectivity index (χ0n) is 14.8. The van der Waals surface area contributed by atoms with Gasteiger partial charge in [-0.2, -0.15) is 0 Å². The number of aliphatic hydroxyl groups is 1. The van der Waals surface area contributed by atoms with Crippen LogP contribution in [0.25, 0.3) is 22.6 Å². The molecule has 26 heavy (non-hydrogen) atoms. The van der Waals surface area contributed by atoms with Crippen LogP contribution in [-0.2, 0) is 11.3 Å². The molecule has 3 heterocycles. The summed E-state index contributed by atoms with van der Waals surface area (Å²) in [5.41, 5.74) is 6.05. The first kappa shape index (κ1) is 15.7. The third-order valence-corrected chi connectivity index (χ3v) is 5.44. The number of hydrogen-bond acceptors (Lipinski definition) is 4. The van der Waals surface area contributed by atoms with Crippen LogP contribution in [0, 0.1) is 0 Å². The van der Waals surface area contributed by atoms with E-state index in [0.717, 1.165) is 25.0 Å². The second-order valence-electron chi connectivity index (χ2n) is 7.44. The summed E-state index contributed by atoms with van der Waals surface area (Å²) in [5, 5.41) is 14.0. The smallest absolute Gasteiger partial charge is 0.147 e. The number of aromatic amines is 1. The zero-order chi connectivity index (χ0) is 17.7. The largest absolute Gasteiger partial charge is 0.393 e. The van der Waals surface area contributed by atoms with E-state index in [9.17, 15) is 5.11 Å². The van der Waals surface area contributed by atoms with Crippen LogP contribution in [0.5, 0.6) is 0 Å². The molecule has 5 nitrogen and oxygen atoms in total. The van der Waals surface area contributed by atoms with Crippen molar-refractivity contribution in [2.24, 2.45) is 0 Å². The third-order valence-electron chi connectivity index (χ3n) is 5.44. The normalized spacial score (nSPS) is 27.1. The van der Waals surface area contributed by atoms with Crippen LogP contribution in [0.1, 0.15) is 29.7 Å². The number of rotatable bonds is 3. The average Bonchev–Trinajstić information content (AvgIpc) is 2.98. The van der Waals surface area contributed by atoms with E-state index in [0.29, 0.717) is 0 Å². The summed E-state index contributed by atoms with van der Waals surface area (Å²) in [7, 11) is 2.10. The minimum atomic E-state index is -0.188. The Balaban J connectivity index is 1.34. The van der Waals surface area contributed by atoms with Crippen LogP contribution in [0.3, 0.4) is 0 Å². The van der Waals surface area contributed by atoms with E-state index in [-0.39, 0.29) is 18.4 Å². The fourth-order valence-electron chi connectivity index (χ4n) is 3.86. The molecular formula is C21H23N3O2. The maximum absolute atomic E-state index is 9.36. The Hall–Kier alpha value is -2.50. The van der Waals surface area contributed by atoms with E-state index < -0.39 is 0 Å². The van der Waals surface area contributed by atoms with Gasteiger partial charge in [0, 0.05) is 48.2 Å². The topological polar surface area (TPSA) is 60.5 Å². The predicted octanol–water partition coefficient (Wildman–Crippen LogP) is 2.95. The van der Waals surface area contributed by atoms with E-state index in [1.165, 1.54) is 27.7 Å². The number of H-pyrrole nitrogens is 1. The van der Waals surface area contributed by atoms with Crippen molar-refractivity contribution in [2.45, 2.75) is 37.8 Å². The molecule has 0 radical (unpaired) electrons. The van der Waals surface area contributed by atoms with Crippen LogP contribution in [0.4, 0.5) is 0 Å². The fourth-order valence-corrected chi connectivity index (χ4v) is 3.86. The second-order valence-corrected chi connectivity index (χ2v) is 7.44. The second kappa shape index (κ2) is 6.04. The first-order valence-electron chi connectivity index (χ1n) is 9.17. The lowest BCUT2D eigenvalue weighted by Gasteiger charge is -2.34. The van der Waals surface area contributed by atoms with Crippen molar-refractivity contribution in [3.8, 4) is 0 Å². The average molecular weight is 349 g/mol. The molecule has 1 saturated carbocycles. The number of nitrogens with zero attached hydrogens (tertiary/aromatic N) is 1. The zero-order valence-corrected chi connectivity index (χ0v) is 14.8. The molecular weight excluding hydrogens is 326 g/mol. The number of ether oxygens (including phenoxy) is 1. The van der Waals surface area contributed by atoms with E-state index in [4.69, 9.17) is 4.74 Å². The number of aliphatic hydroxyl groups excluding tert-OH is 1. The third kappa shape index (κ3) is 2.73. The number of aromatic nitrogens is 1. The molecule has 5 heteroatoms. The van der Waals surface area contributed by atoms with E-state index in [1.54, 1.807) is 0 Å². The number of hydrogen-bond donors (Lipinski definition) is 3. The van der Waals surface area contributed by atoms with Gasteiger partial charge in [0.1, 0.15) is 6.23 Å². The lowest BCUT2D eigenvalue weighted by atomic mass is 9.92. The number of nitrogens with one attached hydrogen (secondary N) is 2. The quantitative estimate of drug-likeness (QED) is 0.797. The summed E-state index contributed by atoms with van der Waals surface area (Å²) in [6.07, 6.45) is 11.7. The van der Waals surface area contributed by atoms with Crippen molar-refractivity contribution < 1.29 is 9.84 Å². The standard InChI is InChI=1S/C21H23N3O2/c1-24-7-6-19-18(12-24)17-4-2-13(8-20(17)23-19)14-3-5-21(22-11-14)26-16-9-15(25)10-16/h2-8,11,15-16,21-23,25H,9-10,12H2,1H3. The van der Waals surface area contributed by atoms with Gasteiger partial charge in [0.05, 0.1) is 12.2 Å². The fraction of sp³-hybridized carbons (Fsp3) is 0.333. The molecule has 2 aliphatic heterocycles. The number of fused-ring (bicyclic) bond motifs is 3. The van der Waals surface area contributed by atoms with Crippen molar-refractivity contribution in [1.82, 2.24) is 15.2 Å². The highest BCUT2D eigenvalue weighted by Gasteiger charge is 2.30. The molecule has 1 atom stereocenters. The number of benzene rings is 1. The van der Waals surface area contributed by atoms with Gasteiger partial charge in [-0.25, -0.2) is 0 Å². The Bertz CT molecular complexity index is 934. The van der Waals surface area contributed by atoms with Gasteiger partial charge in [-0.05, 0) is 42.2 Å². The highest BCUT2D eigenvalue weighted by molar-refractivity contribution is 5.91. The molecule has 1 aliphatic carbocycles. The van der Waals surface area contributed by atoms with Gasteiger partial charge in [0.15, 0.2) is 0 Å². The summed E-state index contributed by atoms with van der Waals surface area (Å²) in [6.45, 7) is 0.935. The summed E-state index contributed by atoms with van der Waals surface area (Å²) < 4.78 is 5.90. The van der Waals surface area contributed by atoms with E-state index >= 15 is 0 Å². The van der Waals surface area contributed by atoms with Gasteiger partial charge < -0.3 is 25.0 Å². The molecule has 0 spiro atoms. The summed E-state index contributed by atoms with van der Waals surface area (Å²) in [5.74, 6) is 0. The Labute approximate surface area is 152 Å². The lowest BCUT2D eigenvalue weighted by Crippen LogP contribution is -2.41. The predicted molar refractivity (Wildman–Crippen MR) is 103 cm³/mol. The molecule has 2 aromatic rings. The Morgan fingerprint density at radius 2 is 2.12 bits per heavy atom. The highest BCUT2D eigenvalue weighted by Crippen LogP contribution is 2.31. The van der Waals surface area contributed by atoms with Gasteiger partial charge in [0.2, 0.25) is 0 Å². The molecule has 1 aromatic heterocycles. The van der Waals surface area contributed by atoms with Crippen LogP contribution in [0.15, 0.2) is 42.8 Å². The van der Waals surface area contributed by atoms with Gasteiger partial charge in [0.25, 0.3) is 0 Å². The molecule has 1 unspecified atom stereocenters. The van der Waals surface area contributed by atoms with Crippen molar-refractivity contribution in [2.75, 3.05) is 7.05 Å². The van der Waals surface area contributed by atoms with Gasteiger partial charge >= 0.3 is 0 Å². The molecule has 1 fully saturated rings. The molecule has 0 bridgehead atoms. The van der Waals surface area contributed by atoms with Crippen molar-refractivity contribution in [1.29, 1.82) is 0 Å². The van der Waals surface area contributed by atoms with E-state index in [2.05, 4.69) is 58.8 Å². The molecule has 0 amide bonds. The van der Waals surface area contributed by atoms with E-state index in [1.807, 2.05) is 12.3 Å². The van der Waals surface area contributed by atoms with Crippen molar-refractivity contribution >= 4 is 22.6 Å². The molecule has 3 N–H and O–H groups in total. The monoisotopic (exact) mass is 349 g/mol. The maximum atomic E-state index is 9.36. The molecule has 3 aliphatic rings. The maximum Gasteiger partial charge on any atom is 0.147 e. The summed E-state index contributed by atoms with van der Waals surface area (Å²) in [4.78, 5) is 5.73.